The van der Waals surface area contributed by atoms with E-state index in [1.165, 1.54) is 6.07 Å². The SMILES string of the molecule is CCc1ccccc1NC(=O)c1ccc(NCc2ccccc2OC)c([N+](=O)[O-])c1. The van der Waals surface area contributed by atoms with Crippen molar-refractivity contribution in [1.82, 2.24) is 0 Å². The Morgan fingerprint density at radius 2 is 1.70 bits per heavy atom. The first-order chi connectivity index (χ1) is 14.5. The molecule has 3 aromatic carbocycles. The maximum atomic E-state index is 12.7. The Hall–Kier alpha value is -3.87. The van der Waals surface area contributed by atoms with Gasteiger partial charge in [-0.15, -0.1) is 0 Å². The van der Waals surface area contributed by atoms with E-state index < -0.39 is 10.8 Å². The Bertz CT molecular complexity index is 1070. The lowest BCUT2D eigenvalue weighted by molar-refractivity contribution is -0.384. The Labute approximate surface area is 174 Å². The number of carbonyl (C=O) groups is 1. The van der Waals surface area contributed by atoms with Crippen LogP contribution < -0.4 is 15.4 Å². The maximum Gasteiger partial charge on any atom is 0.293 e. The minimum Gasteiger partial charge on any atom is -0.496 e. The second-order valence-electron chi connectivity index (χ2n) is 6.62. The average Bonchev–Trinajstić information content (AvgIpc) is 2.78. The molecule has 0 radical (unpaired) electrons. The molecule has 3 rings (SSSR count). The van der Waals surface area contributed by atoms with Gasteiger partial charge in [-0.2, -0.15) is 0 Å². The number of carbonyl (C=O) groups excluding carboxylic acids is 1. The molecule has 1 amide bonds. The monoisotopic (exact) mass is 405 g/mol. The van der Waals surface area contributed by atoms with Crippen molar-refractivity contribution in [3.8, 4) is 5.75 Å². The molecule has 0 saturated carbocycles. The second-order valence-corrected chi connectivity index (χ2v) is 6.62. The van der Waals surface area contributed by atoms with Crippen LogP contribution in [0.1, 0.15) is 28.4 Å². The average molecular weight is 405 g/mol. The molecule has 0 aliphatic rings. The van der Waals surface area contributed by atoms with Crippen LogP contribution in [-0.4, -0.2) is 17.9 Å². The van der Waals surface area contributed by atoms with Crippen molar-refractivity contribution in [1.29, 1.82) is 0 Å². The number of aryl methyl sites for hydroxylation is 1. The minimum absolute atomic E-state index is 0.165. The summed E-state index contributed by atoms with van der Waals surface area (Å²) in [7, 11) is 1.57. The summed E-state index contributed by atoms with van der Waals surface area (Å²) in [4.78, 5) is 23.8. The van der Waals surface area contributed by atoms with E-state index in [1.54, 1.807) is 19.2 Å². The summed E-state index contributed by atoms with van der Waals surface area (Å²) in [5, 5.41) is 17.5. The van der Waals surface area contributed by atoms with Crippen LogP contribution in [0, 0.1) is 10.1 Å². The number of ether oxygens (including phenoxy) is 1. The summed E-state index contributed by atoms with van der Waals surface area (Å²) in [6.45, 7) is 2.35. The van der Waals surface area contributed by atoms with E-state index in [9.17, 15) is 14.9 Å². The molecule has 0 aromatic heterocycles. The van der Waals surface area contributed by atoms with Crippen LogP contribution in [0.25, 0.3) is 0 Å². The van der Waals surface area contributed by atoms with Crippen molar-refractivity contribution < 1.29 is 14.5 Å². The molecular weight excluding hydrogens is 382 g/mol. The molecule has 2 N–H and O–H groups in total. The van der Waals surface area contributed by atoms with E-state index in [-0.39, 0.29) is 11.3 Å². The zero-order chi connectivity index (χ0) is 21.5. The van der Waals surface area contributed by atoms with Gasteiger partial charge in [0.15, 0.2) is 0 Å². The number of amides is 1. The first kappa shape index (κ1) is 20.9. The van der Waals surface area contributed by atoms with Gasteiger partial charge in [0.05, 0.1) is 12.0 Å². The van der Waals surface area contributed by atoms with E-state index in [4.69, 9.17) is 4.74 Å². The van der Waals surface area contributed by atoms with Gasteiger partial charge in [-0.05, 0) is 36.2 Å². The van der Waals surface area contributed by atoms with E-state index in [0.717, 1.165) is 17.5 Å². The minimum atomic E-state index is -0.499. The highest BCUT2D eigenvalue weighted by atomic mass is 16.6. The smallest absolute Gasteiger partial charge is 0.293 e. The summed E-state index contributed by atoms with van der Waals surface area (Å²) < 4.78 is 5.31. The number of methoxy groups -OCH3 is 1. The summed E-state index contributed by atoms with van der Waals surface area (Å²) in [5.41, 5.74) is 2.95. The molecule has 0 spiro atoms. The zero-order valence-electron chi connectivity index (χ0n) is 16.8. The number of nitro groups is 1. The third kappa shape index (κ3) is 4.75. The summed E-state index contributed by atoms with van der Waals surface area (Å²) >= 11 is 0. The van der Waals surface area contributed by atoms with E-state index in [0.29, 0.717) is 23.7 Å². The van der Waals surface area contributed by atoms with Crippen LogP contribution in [0.5, 0.6) is 5.75 Å². The van der Waals surface area contributed by atoms with E-state index in [2.05, 4.69) is 10.6 Å². The first-order valence-electron chi connectivity index (χ1n) is 9.57. The normalized spacial score (nSPS) is 10.3. The molecule has 0 heterocycles. The number of nitrogens with one attached hydrogen (secondary N) is 2. The Morgan fingerprint density at radius 1 is 1.00 bits per heavy atom. The molecule has 30 heavy (non-hydrogen) atoms. The van der Waals surface area contributed by atoms with Crippen molar-refractivity contribution in [3.05, 3.63) is 93.5 Å². The first-order valence-corrected chi connectivity index (χ1v) is 9.57. The predicted molar refractivity (Wildman–Crippen MR) is 117 cm³/mol. The second kappa shape index (κ2) is 9.56. The van der Waals surface area contributed by atoms with Gasteiger partial charge in [-0.25, -0.2) is 0 Å². The van der Waals surface area contributed by atoms with Gasteiger partial charge in [-0.1, -0.05) is 43.3 Å². The topological polar surface area (TPSA) is 93.5 Å². The van der Waals surface area contributed by atoms with Crippen molar-refractivity contribution >= 4 is 23.0 Å². The molecule has 0 saturated heterocycles. The van der Waals surface area contributed by atoms with E-state index >= 15 is 0 Å². The summed E-state index contributed by atoms with van der Waals surface area (Å²) in [6.07, 6.45) is 0.766. The maximum absolute atomic E-state index is 12.7. The molecule has 0 aliphatic heterocycles. The van der Waals surface area contributed by atoms with Gasteiger partial charge in [0.2, 0.25) is 0 Å². The number of hydrogen-bond donors (Lipinski definition) is 2. The lowest BCUT2D eigenvalue weighted by Gasteiger charge is -2.12. The molecule has 3 aromatic rings. The Kier molecular flexibility index (Phi) is 6.64. The fourth-order valence-electron chi connectivity index (χ4n) is 3.16. The van der Waals surface area contributed by atoms with E-state index in [1.807, 2.05) is 55.5 Å². The van der Waals surface area contributed by atoms with Crippen molar-refractivity contribution in [2.75, 3.05) is 17.7 Å². The number of hydrogen-bond acceptors (Lipinski definition) is 5. The highest BCUT2D eigenvalue weighted by Gasteiger charge is 2.18. The number of benzene rings is 3. The third-order valence-corrected chi connectivity index (χ3v) is 4.76. The van der Waals surface area contributed by atoms with Gasteiger partial charge >= 0.3 is 0 Å². The third-order valence-electron chi connectivity index (χ3n) is 4.76. The lowest BCUT2D eigenvalue weighted by Crippen LogP contribution is -2.14. The molecular formula is C23H23N3O4. The number of para-hydroxylation sites is 2. The lowest BCUT2D eigenvalue weighted by atomic mass is 10.1. The highest BCUT2D eigenvalue weighted by molar-refractivity contribution is 6.05. The molecule has 154 valence electrons. The quantitative estimate of drug-likeness (QED) is 0.405. The number of anilines is 2. The Morgan fingerprint density at radius 3 is 2.40 bits per heavy atom. The van der Waals surface area contributed by atoms with Crippen LogP contribution in [0.15, 0.2) is 66.7 Å². The van der Waals surface area contributed by atoms with Gasteiger partial charge in [0.25, 0.3) is 11.6 Å². The number of nitro benzene ring substituents is 1. The van der Waals surface area contributed by atoms with Crippen LogP contribution >= 0.6 is 0 Å². The number of rotatable bonds is 8. The molecule has 0 bridgehead atoms. The van der Waals surface area contributed by atoms with Crippen LogP contribution in [0.2, 0.25) is 0 Å². The molecule has 0 aliphatic carbocycles. The van der Waals surface area contributed by atoms with Crippen LogP contribution in [-0.2, 0) is 13.0 Å². The van der Waals surface area contributed by atoms with Crippen molar-refractivity contribution in [3.63, 3.8) is 0 Å². The fraction of sp³-hybridized carbons (Fsp3) is 0.174. The molecule has 0 fully saturated rings. The fourth-order valence-corrected chi connectivity index (χ4v) is 3.16. The van der Waals surface area contributed by atoms with Gasteiger partial charge < -0.3 is 15.4 Å². The van der Waals surface area contributed by atoms with Gasteiger partial charge in [0.1, 0.15) is 11.4 Å². The van der Waals surface area contributed by atoms with Gasteiger partial charge in [-0.3, -0.25) is 14.9 Å². The molecule has 0 atom stereocenters. The Balaban J connectivity index is 1.81. The largest absolute Gasteiger partial charge is 0.496 e. The summed E-state index contributed by atoms with van der Waals surface area (Å²) in [5.74, 6) is 0.300. The summed E-state index contributed by atoms with van der Waals surface area (Å²) in [6, 6.07) is 19.3. The number of nitrogens with zero attached hydrogens (tertiary/aromatic N) is 1. The van der Waals surface area contributed by atoms with Gasteiger partial charge in [0, 0.05) is 29.4 Å². The van der Waals surface area contributed by atoms with Crippen molar-refractivity contribution in [2.45, 2.75) is 19.9 Å². The van der Waals surface area contributed by atoms with Crippen molar-refractivity contribution in [2.24, 2.45) is 0 Å². The predicted octanol–water partition coefficient (Wildman–Crippen LogP) is 5.03. The molecule has 7 heteroatoms. The standard InChI is InChI=1S/C23H23N3O4/c1-3-16-8-4-6-10-19(16)25-23(27)17-12-13-20(21(14-17)26(28)29)24-15-18-9-5-7-11-22(18)30-2/h4-14,24H,3,15H2,1-2H3,(H,25,27). The highest BCUT2D eigenvalue weighted by Crippen LogP contribution is 2.28. The van der Waals surface area contributed by atoms with Crippen LogP contribution in [0.4, 0.5) is 17.1 Å². The molecule has 0 unspecified atom stereocenters. The molecule has 7 nitrogen and oxygen atoms in total. The zero-order valence-corrected chi connectivity index (χ0v) is 16.8. The van der Waals surface area contributed by atoms with Crippen LogP contribution in [0.3, 0.4) is 0 Å².